The minimum absolute atomic E-state index is 0.498. The molecule has 2 heterocycles. The van der Waals surface area contributed by atoms with Gasteiger partial charge in [0.05, 0.1) is 11.0 Å². The van der Waals surface area contributed by atoms with Gasteiger partial charge < -0.3 is 9.88 Å². The number of benzene rings is 1. The standard InChI is InChI=1S/C14H18ClN3/c1-3-18-13-6-11(15)4-5-12(13)17-14(18)9(2)10-7-16-8-10/h4-6,9-10,16H,3,7-8H2,1-2H3. The lowest BCUT2D eigenvalue weighted by Gasteiger charge is -2.32. The molecule has 1 aromatic heterocycles. The summed E-state index contributed by atoms with van der Waals surface area (Å²) < 4.78 is 2.30. The van der Waals surface area contributed by atoms with Gasteiger partial charge in [-0.15, -0.1) is 0 Å². The number of imidazole rings is 1. The van der Waals surface area contributed by atoms with Gasteiger partial charge in [-0.1, -0.05) is 18.5 Å². The average molecular weight is 264 g/mol. The Labute approximate surface area is 112 Å². The highest BCUT2D eigenvalue weighted by molar-refractivity contribution is 6.31. The minimum Gasteiger partial charge on any atom is -0.328 e. The van der Waals surface area contributed by atoms with Crippen molar-refractivity contribution in [1.82, 2.24) is 14.9 Å². The number of hydrogen-bond donors (Lipinski definition) is 1. The van der Waals surface area contributed by atoms with E-state index in [1.165, 1.54) is 5.82 Å². The lowest BCUT2D eigenvalue weighted by Crippen LogP contribution is -2.45. The van der Waals surface area contributed by atoms with Crippen LogP contribution in [0.15, 0.2) is 18.2 Å². The molecule has 3 nitrogen and oxygen atoms in total. The highest BCUT2D eigenvalue weighted by Gasteiger charge is 2.28. The van der Waals surface area contributed by atoms with Gasteiger partial charge in [0.15, 0.2) is 0 Å². The quantitative estimate of drug-likeness (QED) is 0.923. The molecule has 2 aromatic rings. The van der Waals surface area contributed by atoms with E-state index in [2.05, 4.69) is 23.7 Å². The van der Waals surface area contributed by atoms with E-state index in [-0.39, 0.29) is 0 Å². The molecule has 1 aliphatic rings. The maximum atomic E-state index is 6.09. The third-order valence-electron chi connectivity index (χ3n) is 3.98. The molecule has 0 bridgehead atoms. The fraction of sp³-hybridized carbons (Fsp3) is 0.500. The second-order valence-electron chi connectivity index (χ2n) is 5.05. The second-order valence-corrected chi connectivity index (χ2v) is 5.49. The maximum absolute atomic E-state index is 6.09. The first-order valence-electron chi connectivity index (χ1n) is 6.57. The van der Waals surface area contributed by atoms with E-state index in [9.17, 15) is 0 Å². The molecule has 1 aliphatic heterocycles. The van der Waals surface area contributed by atoms with E-state index in [4.69, 9.17) is 16.6 Å². The molecule has 96 valence electrons. The zero-order chi connectivity index (χ0) is 12.7. The zero-order valence-electron chi connectivity index (χ0n) is 10.8. The molecule has 1 atom stereocenters. The van der Waals surface area contributed by atoms with Crippen molar-refractivity contribution < 1.29 is 0 Å². The smallest absolute Gasteiger partial charge is 0.113 e. The van der Waals surface area contributed by atoms with Gasteiger partial charge in [-0.25, -0.2) is 4.98 Å². The summed E-state index contributed by atoms with van der Waals surface area (Å²) >= 11 is 6.09. The fourth-order valence-corrected chi connectivity index (χ4v) is 2.84. The summed E-state index contributed by atoms with van der Waals surface area (Å²) in [5.74, 6) is 2.40. The van der Waals surface area contributed by atoms with Crippen LogP contribution in [-0.4, -0.2) is 22.6 Å². The van der Waals surface area contributed by atoms with Crippen molar-refractivity contribution in [1.29, 1.82) is 0 Å². The van der Waals surface area contributed by atoms with Gasteiger partial charge in [0.1, 0.15) is 5.82 Å². The maximum Gasteiger partial charge on any atom is 0.113 e. The third kappa shape index (κ3) is 1.82. The molecule has 0 saturated carbocycles. The number of halogens is 1. The summed E-state index contributed by atoms with van der Waals surface area (Å²) in [7, 11) is 0. The molecule has 1 fully saturated rings. The highest BCUT2D eigenvalue weighted by atomic mass is 35.5. The molecule has 18 heavy (non-hydrogen) atoms. The first-order chi connectivity index (χ1) is 8.70. The molecular formula is C14H18ClN3. The van der Waals surface area contributed by atoms with E-state index in [0.717, 1.165) is 35.7 Å². The Morgan fingerprint density at radius 1 is 1.50 bits per heavy atom. The van der Waals surface area contributed by atoms with Crippen LogP contribution in [0.3, 0.4) is 0 Å². The van der Waals surface area contributed by atoms with Crippen molar-refractivity contribution in [2.45, 2.75) is 26.3 Å². The average Bonchev–Trinajstić information content (AvgIpc) is 2.64. The van der Waals surface area contributed by atoms with E-state index < -0.39 is 0 Å². The summed E-state index contributed by atoms with van der Waals surface area (Å²) in [5.41, 5.74) is 2.20. The number of nitrogens with one attached hydrogen (secondary N) is 1. The largest absolute Gasteiger partial charge is 0.328 e. The van der Waals surface area contributed by atoms with Gasteiger partial charge in [-0.05, 0) is 44.1 Å². The van der Waals surface area contributed by atoms with Crippen LogP contribution < -0.4 is 5.32 Å². The van der Waals surface area contributed by atoms with Crippen molar-refractivity contribution in [3.63, 3.8) is 0 Å². The van der Waals surface area contributed by atoms with Crippen molar-refractivity contribution in [3.8, 4) is 0 Å². The monoisotopic (exact) mass is 263 g/mol. The van der Waals surface area contributed by atoms with E-state index in [1.54, 1.807) is 0 Å². The number of aromatic nitrogens is 2. The zero-order valence-corrected chi connectivity index (χ0v) is 11.5. The van der Waals surface area contributed by atoms with Crippen molar-refractivity contribution in [2.24, 2.45) is 5.92 Å². The third-order valence-corrected chi connectivity index (χ3v) is 4.22. The van der Waals surface area contributed by atoms with Crippen LogP contribution in [-0.2, 0) is 6.54 Å². The highest BCUT2D eigenvalue weighted by Crippen LogP contribution is 2.30. The number of fused-ring (bicyclic) bond motifs is 1. The SMILES string of the molecule is CCn1c(C(C)C2CNC2)nc2ccc(Cl)cc21. The molecule has 0 aliphatic carbocycles. The van der Waals surface area contributed by atoms with Crippen molar-refractivity contribution in [2.75, 3.05) is 13.1 Å². The molecular weight excluding hydrogens is 246 g/mol. The van der Waals surface area contributed by atoms with E-state index in [0.29, 0.717) is 11.8 Å². The minimum atomic E-state index is 0.498. The number of rotatable bonds is 3. The van der Waals surface area contributed by atoms with Crippen LogP contribution in [0.2, 0.25) is 5.02 Å². The van der Waals surface area contributed by atoms with Crippen LogP contribution in [0.4, 0.5) is 0 Å². The van der Waals surface area contributed by atoms with E-state index >= 15 is 0 Å². The van der Waals surface area contributed by atoms with Crippen LogP contribution in [0.5, 0.6) is 0 Å². The summed E-state index contributed by atoms with van der Waals surface area (Å²) in [6.45, 7) is 7.60. The molecule has 0 amide bonds. The molecule has 1 aromatic carbocycles. The first-order valence-corrected chi connectivity index (χ1v) is 6.95. The second kappa shape index (κ2) is 4.56. The Morgan fingerprint density at radius 2 is 2.28 bits per heavy atom. The van der Waals surface area contributed by atoms with Crippen LogP contribution >= 0.6 is 11.6 Å². The number of aryl methyl sites for hydroxylation is 1. The fourth-order valence-electron chi connectivity index (χ4n) is 2.67. The van der Waals surface area contributed by atoms with Gasteiger partial charge in [0.25, 0.3) is 0 Å². The van der Waals surface area contributed by atoms with Crippen LogP contribution in [0.25, 0.3) is 11.0 Å². The molecule has 1 unspecified atom stereocenters. The Kier molecular flexibility index (Phi) is 3.04. The molecule has 0 spiro atoms. The number of hydrogen-bond acceptors (Lipinski definition) is 2. The summed E-state index contributed by atoms with van der Waals surface area (Å²) in [6, 6.07) is 5.94. The van der Waals surface area contributed by atoms with Crippen molar-refractivity contribution >= 4 is 22.6 Å². The van der Waals surface area contributed by atoms with Gasteiger partial charge in [-0.3, -0.25) is 0 Å². The summed E-state index contributed by atoms with van der Waals surface area (Å²) in [4.78, 5) is 4.80. The molecule has 1 N–H and O–H groups in total. The van der Waals surface area contributed by atoms with Gasteiger partial charge in [0.2, 0.25) is 0 Å². The Bertz CT molecular complexity index is 572. The Hall–Kier alpha value is -1.06. The lowest BCUT2D eigenvalue weighted by molar-refractivity contribution is 0.292. The van der Waals surface area contributed by atoms with Crippen molar-refractivity contribution in [3.05, 3.63) is 29.0 Å². The topological polar surface area (TPSA) is 29.9 Å². The van der Waals surface area contributed by atoms with E-state index in [1.807, 2.05) is 18.2 Å². The Morgan fingerprint density at radius 3 is 2.89 bits per heavy atom. The summed E-state index contributed by atoms with van der Waals surface area (Å²) in [6.07, 6.45) is 0. The summed E-state index contributed by atoms with van der Waals surface area (Å²) in [5, 5.41) is 4.11. The molecule has 3 rings (SSSR count). The van der Waals surface area contributed by atoms with Gasteiger partial charge >= 0.3 is 0 Å². The number of nitrogens with zero attached hydrogens (tertiary/aromatic N) is 2. The lowest BCUT2D eigenvalue weighted by atomic mass is 9.88. The molecule has 1 saturated heterocycles. The first kappa shape index (κ1) is 12.0. The predicted molar refractivity (Wildman–Crippen MR) is 75.2 cm³/mol. The van der Waals surface area contributed by atoms with Crippen LogP contribution in [0, 0.1) is 5.92 Å². The normalized spacial score (nSPS) is 17.9. The Balaban J connectivity index is 2.10. The predicted octanol–water partition coefficient (Wildman–Crippen LogP) is 3.03. The van der Waals surface area contributed by atoms with Crippen LogP contribution in [0.1, 0.15) is 25.6 Å². The van der Waals surface area contributed by atoms with Gasteiger partial charge in [-0.2, -0.15) is 0 Å². The molecule has 4 heteroatoms. The molecule has 0 radical (unpaired) electrons. The van der Waals surface area contributed by atoms with Gasteiger partial charge in [0, 0.05) is 17.5 Å².